The highest BCUT2D eigenvalue weighted by molar-refractivity contribution is 14.0. The molecule has 0 bridgehead atoms. The van der Waals surface area contributed by atoms with E-state index in [4.69, 9.17) is 0 Å². The lowest BCUT2D eigenvalue weighted by atomic mass is 9.84. The van der Waals surface area contributed by atoms with Gasteiger partial charge in [-0.1, -0.05) is 30.5 Å². The summed E-state index contributed by atoms with van der Waals surface area (Å²) in [5.41, 5.74) is 2.28. The maximum atomic E-state index is 12.8. The maximum absolute atomic E-state index is 12.8. The van der Waals surface area contributed by atoms with Crippen LogP contribution in [0.2, 0.25) is 0 Å². The minimum Gasteiger partial charge on any atom is -0.369 e. The lowest BCUT2D eigenvalue weighted by molar-refractivity contribution is -0.138. The summed E-state index contributed by atoms with van der Waals surface area (Å²) < 4.78 is 0. The van der Waals surface area contributed by atoms with Crippen molar-refractivity contribution in [1.29, 1.82) is 0 Å². The zero-order valence-corrected chi connectivity index (χ0v) is 20.5. The first kappa shape index (κ1) is 23.8. The number of anilines is 1. The highest BCUT2D eigenvalue weighted by Gasteiger charge is 2.42. The molecule has 29 heavy (non-hydrogen) atoms. The number of aryl methyl sites for hydroxylation is 1. The fourth-order valence-electron chi connectivity index (χ4n) is 4.50. The van der Waals surface area contributed by atoms with Crippen molar-refractivity contribution in [2.24, 2.45) is 10.4 Å². The second-order valence-corrected chi connectivity index (χ2v) is 8.52. The molecule has 1 aliphatic carbocycles. The Kier molecular flexibility index (Phi) is 8.60. The van der Waals surface area contributed by atoms with E-state index in [1.165, 1.54) is 11.3 Å². The van der Waals surface area contributed by atoms with Crippen LogP contribution in [-0.2, 0) is 4.79 Å². The summed E-state index contributed by atoms with van der Waals surface area (Å²) >= 11 is 0. The molecule has 2 aliphatic rings. The SMILES string of the molecule is CN=C(NCC1(C(=O)N(C)C)CCCC1)NC1CCN(c2ccc(C)cc2)C1.I. The second-order valence-electron chi connectivity index (χ2n) is 8.52. The van der Waals surface area contributed by atoms with Gasteiger partial charge in [-0.3, -0.25) is 9.79 Å². The molecule has 1 aromatic rings. The Labute approximate surface area is 192 Å². The zero-order valence-electron chi connectivity index (χ0n) is 18.2. The smallest absolute Gasteiger partial charge is 0.230 e. The van der Waals surface area contributed by atoms with Gasteiger partial charge in [0.1, 0.15) is 0 Å². The van der Waals surface area contributed by atoms with Gasteiger partial charge in [0, 0.05) is 52.5 Å². The normalized spacial score (nSPS) is 20.9. The number of halogens is 1. The van der Waals surface area contributed by atoms with Gasteiger partial charge in [0.05, 0.1) is 5.41 Å². The van der Waals surface area contributed by atoms with Crippen LogP contribution in [0.4, 0.5) is 5.69 Å². The Morgan fingerprint density at radius 2 is 1.90 bits per heavy atom. The van der Waals surface area contributed by atoms with E-state index in [0.29, 0.717) is 12.6 Å². The number of nitrogens with one attached hydrogen (secondary N) is 2. The number of aliphatic imine (C=N–C) groups is 1. The Morgan fingerprint density at radius 3 is 2.48 bits per heavy atom. The largest absolute Gasteiger partial charge is 0.369 e. The topological polar surface area (TPSA) is 60.0 Å². The Hall–Kier alpha value is -1.51. The molecule has 3 rings (SSSR count). The third-order valence-electron chi connectivity index (χ3n) is 6.17. The zero-order chi connectivity index (χ0) is 20.1. The van der Waals surface area contributed by atoms with E-state index in [2.05, 4.69) is 51.7 Å². The molecule has 1 saturated carbocycles. The predicted octanol–water partition coefficient (Wildman–Crippen LogP) is 3.01. The van der Waals surface area contributed by atoms with E-state index < -0.39 is 0 Å². The second kappa shape index (κ2) is 10.5. The molecule has 7 heteroatoms. The molecule has 1 saturated heterocycles. The summed E-state index contributed by atoms with van der Waals surface area (Å²) in [5.74, 6) is 1.04. The van der Waals surface area contributed by atoms with Gasteiger partial charge in [0.2, 0.25) is 5.91 Å². The van der Waals surface area contributed by atoms with Crippen LogP contribution in [0.1, 0.15) is 37.7 Å². The van der Waals surface area contributed by atoms with Crippen LogP contribution in [0.15, 0.2) is 29.3 Å². The van der Waals surface area contributed by atoms with E-state index in [0.717, 1.165) is 51.2 Å². The summed E-state index contributed by atoms with van der Waals surface area (Å²) in [7, 11) is 5.51. The molecule has 2 N–H and O–H groups in total. The first-order chi connectivity index (χ1) is 13.4. The van der Waals surface area contributed by atoms with E-state index in [9.17, 15) is 4.79 Å². The molecule has 6 nitrogen and oxygen atoms in total. The fourth-order valence-corrected chi connectivity index (χ4v) is 4.50. The molecule has 1 heterocycles. The molecule has 1 unspecified atom stereocenters. The van der Waals surface area contributed by atoms with Gasteiger partial charge in [0.25, 0.3) is 0 Å². The number of rotatable bonds is 5. The number of carbonyl (C=O) groups is 1. The highest BCUT2D eigenvalue weighted by Crippen LogP contribution is 2.38. The van der Waals surface area contributed by atoms with Crippen molar-refractivity contribution in [1.82, 2.24) is 15.5 Å². The van der Waals surface area contributed by atoms with Crippen molar-refractivity contribution in [3.63, 3.8) is 0 Å². The average Bonchev–Trinajstić information content (AvgIpc) is 3.35. The van der Waals surface area contributed by atoms with Crippen LogP contribution < -0.4 is 15.5 Å². The number of hydrogen-bond donors (Lipinski definition) is 2. The molecule has 1 aromatic carbocycles. The Balaban J connectivity index is 0.00000300. The van der Waals surface area contributed by atoms with E-state index in [1.807, 2.05) is 14.1 Å². The molecule has 0 aromatic heterocycles. The average molecular weight is 513 g/mol. The van der Waals surface area contributed by atoms with Crippen molar-refractivity contribution in [3.8, 4) is 0 Å². The van der Waals surface area contributed by atoms with Crippen LogP contribution in [0.5, 0.6) is 0 Å². The van der Waals surface area contributed by atoms with E-state index in [1.54, 1.807) is 11.9 Å². The lowest BCUT2D eigenvalue weighted by Gasteiger charge is -2.31. The standard InChI is InChI=1S/C22H35N5O.HI/c1-17-7-9-19(10-8-17)27-14-11-18(15-27)25-21(23-2)24-16-22(12-5-6-13-22)20(28)26(3)4;/h7-10,18H,5-6,11-16H2,1-4H3,(H2,23,24,25);1H. The number of benzene rings is 1. The summed E-state index contributed by atoms with van der Waals surface area (Å²) in [4.78, 5) is 21.3. The Morgan fingerprint density at radius 1 is 1.24 bits per heavy atom. The quantitative estimate of drug-likeness (QED) is 0.361. The Bertz CT molecular complexity index is 698. The van der Waals surface area contributed by atoms with Crippen LogP contribution >= 0.6 is 24.0 Å². The summed E-state index contributed by atoms with van der Waals surface area (Å²) in [6.45, 7) is 4.77. The minimum absolute atomic E-state index is 0. The summed E-state index contributed by atoms with van der Waals surface area (Å²) in [5, 5.41) is 7.01. The first-order valence-electron chi connectivity index (χ1n) is 10.4. The van der Waals surface area contributed by atoms with Crippen LogP contribution in [0, 0.1) is 12.3 Å². The maximum Gasteiger partial charge on any atom is 0.230 e. The van der Waals surface area contributed by atoms with Gasteiger partial charge in [-0.15, -0.1) is 24.0 Å². The third kappa shape index (κ3) is 5.77. The van der Waals surface area contributed by atoms with Crippen molar-refractivity contribution >= 4 is 41.5 Å². The minimum atomic E-state index is -0.287. The van der Waals surface area contributed by atoms with Crippen LogP contribution in [0.3, 0.4) is 0 Å². The summed E-state index contributed by atoms with van der Waals surface area (Å²) in [6.07, 6.45) is 5.25. The number of amides is 1. The molecule has 162 valence electrons. The number of nitrogens with zero attached hydrogens (tertiary/aromatic N) is 3. The highest BCUT2D eigenvalue weighted by atomic mass is 127. The number of hydrogen-bond acceptors (Lipinski definition) is 3. The third-order valence-corrected chi connectivity index (χ3v) is 6.17. The van der Waals surface area contributed by atoms with Gasteiger partial charge in [-0.2, -0.15) is 0 Å². The molecule has 2 fully saturated rings. The van der Waals surface area contributed by atoms with Crippen molar-refractivity contribution in [2.75, 3.05) is 45.7 Å². The molecule has 1 amide bonds. The fraction of sp³-hybridized carbons (Fsp3) is 0.636. The van der Waals surface area contributed by atoms with Crippen molar-refractivity contribution in [3.05, 3.63) is 29.8 Å². The molecule has 0 spiro atoms. The van der Waals surface area contributed by atoms with E-state index >= 15 is 0 Å². The van der Waals surface area contributed by atoms with Gasteiger partial charge < -0.3 is 20.4 Å². The van der Waals surface area contributed by atoms with Crippen molar-refractivity contribution in [2.45, 2.75) is 45.1 Å². The van der Waals surface area contributed by atoms with E-state index in [-0.39, 0.29) is 35.3 Å². The van der Waals surface area contributed by atoms with Gasteiger partial charge in [-0.25, -0.2) is 0 Å². The van der Waals surface area contributed by atoms with Gasteiger partial charge >= 0.3 is 0 Å². The molecular formula is C22H36IN5O. The van der Waals surface area contributed by atoms with Gasteiger partial charge in [-0.05, 0) is 38.3 Å². The molecule has 1 atom stereocenters. The van der Waals surface area contributed by atoms with Crippen LogP contribution in [0.25, 0.3) is 0 Å². The molecule has 1 aliphatic heterocycles. The monoisotopic (exact) mass is 513 g/mol. The summed E-state index contributed by atoms with van der Waals surface area (Å²) in [6, 6.07) is 9.08. The first-order valence-corrected chi connectivity index (χ1v) is 10.4. The van der Waals surface area contributed by atoms with Crippen molar-refractivity contribution < 1.29 is 4.79 Å². The molecular weight excluding hydrogens is 477 g/mol. The van der Waals surface area contributed by atoms with Crippen LogP contribution in [-0.4, -0.2) is 63.6 Å². The predicted molar refractivity (Wildman–Crippen MR) is 131 cm³/mol. The molecule has 0 radical (unpaired) electrons. The number of guanidine groups is 1. The van der Waals surface area contributed by atoms with Gasteiger partial charge in [0.15, 0.2) is 5.96 Å². The lowest BCUT2D eigenvalue weighted by Crippen LogP contribution is -2.51. The number of carbonyl (C=O) groups excluding carboxylic acids is 1.